The number of benzene rings is 1. The van der Waals surface area contributed by atoms with Crippen molar-refractivity contribution in [1.82, 2.24) is 19.7 Å². The van der Waals surface area contributed by atoms with Crippen LogP contribution in [0.15, 0.2) is 30.5 Å². The van der Waals surface area contributed by atoms with Crippen LogP contribution in [-0.4, -0.2) is 50.2 Å². The number of nitriles is 1. The first-order valence-electron chi connectivity index (χ1n) is 12.5. The van der Waals surface area contributed by atoms with E-state index in [4.69, 9.17) is 4.74 Å². The first kappa shape index (κ1) is 21.1. The Bertz CT molecular complexity index is 1400. The van der Waals surface area contributed by atoms with Crippen molar-refractivity contribution in [3.63, 3.8) is 0 Å². The Balaban J connectivity index is 1.28. The molecule has 5 fully saturated rings. The van der Waals surface area contributed by atoms with Gasteiger partial charge in [0.25, 0.3) is 0 Å². The molecule has 0 radical (unpaired) electrons. The van der Waals surface area contributed by atoms with Crippen LogP contribution in [0.25, 0.3) is 16.7 Å². The summed E-state index contributed by atoms with van der Waals surface area (Å²) in [5, 5.41) is 26.5. The molecule has 0 amide bonds. The summed E-state index contributed by atoms with van der Waals surface area (Å²) in [5.41, 5.74) is 1.20. The maximum atomic E-state index is 10.8. The van der Waals surface area contributed by atoms with Crippen molar-refractivity contribution >= 4 is 16.7 Å². The van der Waals surface area contributed by atoms with Gasteiger partial charge in [0.2, 0.25) is 0 Å². The lowest BCUT2D eigenvalue weighted by atomic mass is 9.57. The fourth-order valence-electron chi connectivity index (χ4n) is 6.96. The second kappa shape index (κ2) is 6.52. The predicted molar refractivity (Wildman–Crippen MR) is 131 cm³/mol. The Morgan fingerprint density at radius 2 is 1.89 bits per heavy atom. The zero-order valence-corrected chi connectivity index (χ0v) is 20.5. The molecule has 1 N–H and O–H groups in total. The smallest absolute Gasteiger partial charge is 0.320 e. The van der Waals surface area contributed by atoms with E-state index in [2.05, 4.69) is 44.2 Å². The van der Waals surface area contributed by atoms with Crippen LogP contribution in [0.1, 0.15) is 57.9 Å². The Labute approximate surface area is 204 Å². The molecule has 5 aliphatic rings. The van der Waals surface area contributed by atoms with Gasteiger partial charge in [-0.1, -0.05) is 12.1 Å². The van der Waals surface area contributed by atoms with Crippen LogP contribution < -0.4 is 9.64 Å². The number of hydrogen-bond donors (Lipinski definition) is 1. The topological polar surface area (TPSA) is 100 Å². The SMILES string of the molecule is COc1nc(N2CC3(C(C)(C)O)CC2C3)cc(-n2ncc3ccc(C4(C#N)CC5(CC5)C4)cc32)n1. The van der Waals surface area contributed by atoms with Gasteiger partial charge in [-0.2, -0.15) is 20.3 Å². The first-order chi connectivity index (χ1) is 16.7. The van der Waals surface area contributed by atoms with E-state index in [0.717, 1.165) is 54.5 Å². The summed E-state index contributed by atoms with van der Waals surface area (Å²) in [6.45, 7) is 4.58. The fraction of sp³-hybridized carbons (Fsp3) is 0.556. The van der Waals surface area contributed by atoms with E-state index in [1.165, 1.54) is 12.8 Å². The molecule has 8 rings (SSSR count). The third-order valence-corrected chi connectivity index (χ3v) is 9.48. The number of rotatable bonds is 5. The second-order valence-corrected chi connectivity index (χ2v) is 12.0. The van der Waals surface area contributed by atoms with Crippen LogP contribution in [-0.2, 0) is 5.41 Å². The second-order valence-electron chi connectivity index (χ2n) is 12.0. The largest absolute Gasteiger partial charge is 0.467 e. The van der Waals surface area contributed by atoms with Crippen molar-refractivity contribution in [2.24, 2.45) is 10.8 Å². The molecule has 2 aromatic heterocycles. The number of fused-ring (bicyclic) bond motifs is 2. The minimum Gasteiger partial charge on any atom is -0.467 e. The van der Waals surface area contributed by atoms with Gasteiger partial charge < -0.3 is 14.7 Å². The van der Waals surface area contributed by atoms with Crippen molar-refractivity contribution < 1.29 is 9.84 Å². The summed E-state index contributed by atoms with van der Waals surface area (Å²) in [6, 6.07) is 11.5. The average Bonchev–Trinajstić information content (AvgIpc) is 3.16. The normalized spacial score (nSPS) is 27.4. The molecule has 3 aromatic rings. The highest BCUT2D eigenvalue weighted by Gasteiger charge is 2.63. The number of nitrogens with zero attached hydrogens (tertiary/aromatic N) is 6. The van der Waals surface area contributed by atoms with Crippen LogP contribution in [0.5, 0.6) is 6.01 Å². The highest BCUT2D eigenvalue weighted by atomic mass is 16.5. The van der Waals surface area contributed by atoms with Gasteiger partial charge in [-0.15, -0.1) is 0 Å². The van der Waals surface area contributed by atoms with Crippen LogP contribution in [0.2, 0.25) is 0 Å². The van der Waals surface area contributed by atoms with E-state index in [1.54, 1.807) is 7.11 Å². The molecule has 0 atom stereocenters. The number of hydrogen-bond acceptors (Lipinski definition) is 7. The fourth-order valence-corrected chi connectivity index (χ4v) is 6.96. The zero-order valence-electron chi connectivity index (χ0n) is 20.5. The van der Waals surface area contributed by atoms with E-state index in [1.807, 2.05) is 30.8 Å². The average molecular weight is 471 g/mol. The molecule has 2 aliphatic heterocycles. The molecule has 8 nitrogen and oxygen atoms in total. The Morgan fingerprint density at radius 1 is 1.14 bits per heavy atom. The summed E-state index contributed by atoms with van der Waals surface area (Å²) in [5.74, 6) is 1.43. The van der Waals surface area contributed by atoms with Gasteiger partial charge in [-0.3, -0.25) is 0 Å². The van der Waals surface area contributed by atoms with Crippen molar-refractivity contribution in [2.75, 3.05) is 18.6 Å². The van der Waals surface area contributed by atoms with E-state index in [9.17, 15) is 10.4 Å². The summed E-state index contributed by atoms with van der Waals surface area (Å²) in [4.78, 5) is 11.6. The lowest BCUT2D eigenvalue weighted by molar-refractivity contribution is -0.0754. The molecule has 180 valence electrons. The quantitative estimate of drug-likeness (QED) is 0.604. The molecule has 3 saturated carbocycles. The zero-order chi connectivity index (χ0) is 24.2. The summed E-state index contributed by atoms with van der Waals surface area (Å²) in [7, 11) is 1.57. The van der Waals surface area contributed by atoms with E-state index >= 15 is 0 Å². The molecular weight excluding hydrogens is 440 g/mol. The van der Waals surface area contributed by atoms with Gasteiger partial charge in [-0.25, -0.2) is 4.68 Å². The van der Waals surface area contributed by atoms with E-state index < -0.39 is 11.0 Å². The van der Waals surface area contributed by atoms with Gasteiger partial charge >= 0.3 is 6.01 Å². The molecule has 2 bridgehead atoms. The summed E-state index contributed by atoms with van der Waals surface area (Å²) >= 11 is 0. The van der Waals surface area contributed by atoms with Gasteiger partial charge in [0.1, 0.15) is 5.82 Å². The van der Waals surface area contributed by atoms with Crippen molar-refractivity contribution in [2.45, 2.75) is 69.4 Å². The van der Waals surface area contributed by atoms with Crippen molar-refractivity contribution in [1.29, 1.82) is 5.26 Å². The lowest BCUT2D eigenvalue weighted by Crippen LogP contribution is -2.50. The number of anilines is 1. The highest BCUT2D eigenvalue weighted by Crippen LogP contribution is 2.68. The van der Waals surface area contributed by atoms with Gasteiger partial charge in [0.05, 0.1) is 35.9 Å². The molecule has 8 heteroatoms. The molecule has 35 heavy (non-hydrogen) atoms. The van der Waals surface area contributed by atoms with E-state index in [0.29, 0.717) is 23.3 Å². The van der Waals surface area contributed by atoms with Gasteiger partial charge in [-0.05, 0) is 69.4 Å². The first-order valence-corrected chi connectivity index (χ1v) is 12.5. The molecule has 1 aromatic carbocycles. The predicted octanol–water partition coefficient (Wildman–Crippen LogP) is 3.90. The Morgan fingerprint density at radius 3 is 2.51 bits per heavy atom. The van der Waals surface area contributed by atoms with E-state index in [-0.39, 0.29) is 5.41 Å². The monoisotopic (exact) mass is 470 g/mol. The number of aliphatic hydroxyl groups is 1. The molecular formula is C27H30N6O2. The van der Waals surface area contributed by atoms with Crippen molar-refractivity contribution in [3.8, 4) is 17.9 Å². The van der Waals surface area contributed by atoms with Crippen LogP contribution in [0.3, 0.4) is 0 Å². The third kappa shape index (κ3) is 2.85. The molecule has 0 unspecified atom stereocenters. The van der Waals surface area contributed by atoms with Crippen molar-refractivity contribution in [3.05, 3.63) is 36.0 Å². The van der Waals surface area contributed by atoms with Crippen LogP contribution >= 0.6 is 0 Å². The number of aromatic nitrogens is 4. The number of ether oxygens (including phenoxy) is 1. The van der Waals surface area contributed by atoms with Gasteiger partial charge in [0, 0.05) is 29.5 Å². The minimum absolute atomic E-state index is 0.101. The Hall–Kier alpha value is -3.18. The van der Waals surface area contributed by atoms with Crippen LogP contribution in [0.4, 0.5) is 5.82 Å². The standard InChI is InChI=1S/C27H30N6O2/c1-24(2,34)27-10-19(11-27)32(16-27)21-9-22(31-23(30-21)35-3)33-20-8-18(5-4-17(20)12-29-33)26(15-28)13-25(14-26)6-7-25/h4-5,8-9,12,19,34H,6-7,10-11,13-14,16H2,1-3H3. The Kier molecular flexibility index (Phi) is 3.94. The minimum atomic E-state index is -0.732. The van der Waals surface area contributed by atoms with Crippen LogP contribution in [0, 0.1) is 22.2 Å². The maximum absolute atomic E-state index is 10.8. The third-order valence-electron chi connectivity index (χ3n) is 9.48. The highest BCUT2D eigenvalue weighted by molar-refractivity contribution is 5.81. The van der Waals surface area contributed by atoms with Gasteiger partial charge in [0.15, 0.2) is 5.82 Å². The molecule has 3 aliphatic carbocycles. The molecule has 2 saturated heterocycles. The molecule has 4 heterocycles. The lowest BCUT2D eigenvalue weighted by Gasteiger charge is -2.45. The maximum Gasteiger partial charge on any atom is 0.320 e. The molecule has 1 spiro atoms. The summed E-state index contributed by atoms with van der Waals surface area (Å²) in [6.07, 6.45) is 8.19. The number of methoxy groups -OCH3 is 1. The summed E-state index contributed by atoms with van der Waals surface area (Å²) < 4.78 is 7.30.